The van der Waals surface area contributed by atoms with Gasteiger partial charge in [-0.25, -0.2) is 17.6 Å². The van der Waals surface area contributed by atoms with Crippen molar-refractivity contribution in [3.8, 4) is 12.1 Å². The first-order valence-corrected chi connectivity index (χ1v) is 14.7. The summed E-state index contributed by atoms with van der Waals surface area (Å²) in [4.78, 5) is 27.2. The number of piperazine rings is 1. The molecule has 4 aliphatic rings. The highest BCUT2D eigenvalue weighted by atomic mass is 19.1. The molecule has 0 saturated carbocycles. The predicted octanol–water partition coefficient (Wildman–Crippen LogP) is 3.96. The molecule has 0 N–H and O–H groups in total. The summed E-state index contributed by atoms with van der Waals surface area (Å²) < 4.78 is 63.1. The van der Waals surface area contributed by atoms with E-state index in [9.17, 15) is 23.2 Å². The van der Waals surface area contributed by atoms with E-state index < -0.39 is 41.0 Å². The number of alkyl halides is 1. The molecule has 6 rings (SSSR count). The van der Waals surface area contributed by atoms with Gasteiger partial charge in [-0.2, -0.15) is 15.2 Å². The first-order valence-electron chi connectivity index (χ1n) is 14.7. The Morgan fingerprint density at radius 2 is 1.98 bits per heavy atom. The predicted molar refractivity (Wildman–Crippen MR) is 150 cm³/mol. The number of amides is 1. The molecule has 2 aromatic rings. The van der Waals surface area contributed by atoms with Crippen LogP contribution in [0.3, 0.4) is 0 Å². The molecule has 1 aromatic carbocycles. The Morgan fingerprint density at radius 3 is 2.70 bits per heavy atom. The summed E-state index contributed by atoms with van der Waals surface area (Å²) in [6.07, 6.45) is 2.23. The number of aromatic nitrogens is 2. The van der Waals surface area contributed by atoms with Crippen LogP contribution in [0.1, 0.15) is 48.1 Å². The zero-order chi connectivity index (χ0) is 30.5. The highest BCUT2D eigenvalue weighted by Gasteiger charge is 2.45. The average Bonchev–Trinajstić information content (AvgIpc) is 3.48. The van der Waals surface area contributed by atoms with Gasteiger partial charge in [0.2, 0.25) is 0 Å². The van der Waals surface area contributed by atoms with E-state index in [1.165, 1.54) is 11.0 Å². The number of anilines is 1. The van der Waals surface area contributed by atoms with E-state index in [4.69, 9.17) is 14.7 Å². The number of carbonyl (C=O) groups excluding carboxylic acids is 1. The number of hydrogen-bond acceptors (Lipinski definition) is 7. The van der Waals surface area contributed by atoms with Gasteiger partial charge >= 0.3 is 6.01 Å². The lowest BCUT2D eigenvalue weighted by atomic mass is 9.69. The number of aryl methyl sites for hydroxylation is 1. The van der Waals surface area contributed by atoms with Gasteiger partial charge in [-0.15, -0.1) is 0 Å². The molecule has 2 saturated heterocycles. The Kier molecular flexibility index (Phi) is 7.79. The van der Waals surface area contributed by atoms with Crippen molar-refractivity contribution in [2.75, 3.05) is 44.7 Å². The summed E-state index contributed by atoms with van der Waals surface area (Å²) in [5.41, 5.74) is 2.29. The SMILES string of the molecule is C=C(F)C(=O)N1CCN(c2nc(OC[C@@H]3C[C@@H](F)CN3C)nc3c2CCC2(CCc4cc(F)cc(F)c42)C3)C[C@@H]1CC#N. The molecule has 2 aliphatic heterocycles. The minimum Gasteiger partial charge on any atom is -0.462 e. The molecule has 2 aliphatic carbocycles. The molecule has 4 atom stereocenters. The fraction of sp³-hybridized carbons (Fsp3) is 0.548. The molecule has 43 heavy (non-hydrogen) atoms. The molecule has 1 aromatic heterocycles. The van der Waals surface area contributed by atoms with Crippen LogP contribution in [0.2, 0.25) is 0 Å². The van der Waals surface area contributed by atoms with Crippen LogP contribution in [0.5, 0.6) is 6.01 Å². The van der Waals surface area contributed by atoms with Crippen LogP contribution in [0.15, 0.2) is 24.5 Å². The van der Waals surface area contributed by atoms with E-state index in [0.717, 1.165) is 11.6 Å². The summed E-state index contributed by atoms with van der Waals surface area (Å²) in [5, 5.41) is 9.45. The largest absolute Gasteiger partial charge is 0.462 e. The van der Waals surface area contributed by atoms with Crippen LogP contribution < -0.4 is 9.64 Å². The third kappa shape index (κ3) is 5.44. The van der Waals surface area contributed by atoms with Crippen LogP contribution in [0.4, 0.5) is 23.4 Å². The average molecular weight is 599 g/mol. The molecular weight excluding hydrogens is 564 g/mol. The maximum absolute atomic E-state index is 15.2. The van der Waals surface area contributed by atoms with E-state index in [0.29, 0.717) is 74.3 Å². The molecular formula is C31H34F4N6O2. The standard InChI is InChI=1S/C31H34F4N6O2/c1-18(32)29(42)41-10-9-40(16-22(41)5-8-36)28-24-4-7-31(6-3-19-11-20(33)13-25(35)27(19)31)14-26(24)37-30(38-28)43-17-23-12-21(34)15-39(23)2/h11,13,21-23H,1,3-7,9-10,12,14-17H2,2H3/t21-,22+,23+,31?/m1/s1. The van der Waals surface area contributed by atoms with Gasteiger partial charge < -0.3 is 14.5 Å². The fourth-order valence-electron chi connectivity index (χ4n) is 7.47. The molecule has 1 spiro atoms. The molecule has 8 nitrogen and oxygen atoms in total. The van der Waals surface area contributed by atoms with E-state index in [-0.39, 0.29) is 38.2 Å². The number of carbonyl (C=O) groups is 1. The Labute approximate surface area is 247 Å². The van der Waals surface area contributed by atoms with Gasteiger partial charge in [-0.3, -0.25) is 9.69 Å². The van der Waals surface area contributed by atoms with Crippen LogP contribution in [0, 0.1) is 23.0 Å². The van der Waals surface area contributed by atoms with Crippen LogP contribution in [0.25, 0.3) is 0 Å². The molecule has 1 unspecified atom stereocenters. The number of likely N-dealkylation sites (N-methyl/N-ethyl adjacent to an activating group) is 1. The van der Waals surface area contributed by atoms with Crippen molar-refractivity contribution in [1.82, 2.24) is 19.8 Å². The number of nitriles is 1. The van der Waals surface area contributed by atoms with Gasteiger partial charge in [0.1, 0.15) is 30.2 Å². The Balaban J connectivity index is 1.34. The van der Waals surface area contributed by atoms with Crippen LogP contribution in [-0.4, -0.2) is 83.8 Å². The second-order valence-corrected chi connectivity index (χ2v) is 12.2. The summed E-state index contributed by atoms with van der Waals surface area (Å²) in [6.45, 7) is 4.39. The number of likely N-dealkylation sites (tertiary alicyclic amines) is 1. The highest BCUT2D eigenvalue weighted by molar-refractivity contribution is 5.91. The van der Waals surface area contributed by atoms with Crippen molar-refractivity contribution in [3.63, 3.8) is 0 Å². The van der Waals surface area contributed by atoms with Crippen LogP contribution in [-0.2, 0) is 29.5 Å². The highest BCUT2D eigenvalue weighted by Crippen LogP contribution is 2.50. The minimum atomic E-state index is -1.08. The number of rotatable bonds is 6. The van der Waals surface area contributed by atoms with E-state index in [1.54, 1.807) is 0 Å². The lowest BCUT2D eigenvalue weighted by Crippen LogP contribution is -2.55. The minimum absolute atomic E-state index is 0.000293. The maximum atomic E-state index is 15.2. The monoisotopic (exact) mass is 598 g/mol. The Hall–Kier alpha value is -3.72. The topological polar surface area (TPSA) is 85.6 Å². The van der Waals surface area contributed by atoms with Crippen molar-refractivity contribution in [1.29, 1.82) is 5.26 Å². The smallest absolute Gasteiger partial charge is 0.318 e. The maximum Gasteiger partial charge on any atom is 0.318 e. The van der Waals surface area contributed by atoms with Crippen molar-refractivity contribution < 1.29 is 27.1 Å². The lowest BCUT2D eigenvalue weighted by Gasteiger charge is -2.42. The number of fused-ring (bicyclic) bond motifs is 3. The zero-order valence-electron chi connectivity index (χ0n) is 24.1. The molecule has 228 valence electrons. The third-order valence-corrected chi connectivity index (χ3v) is 9.59. The van der Waals surface area contributed by atoms with Crippen molar-refractivity contribution in [2.45, 2.75) is 68.6 Å². The number of nitrogens with zero attached hydrogens (tertiary/aromatic N) is 6. The van der Waals surface area contributed by atoms with E-state index >= 15 is 4.39 Å². The second-order valence-electron chi connectivity index (χ2n) is 12.2. The summed E-state index contributed by atoms with van der Waals surface area (Å²) in [5.74, 6) is -2.43. The fourth-order valence-corrected chi connectivity index (χ4v) is 7.47. The first kappa shape index (κ1) is 29.4. The quantitative estimate of drug-likeness (QED) is 0.368. The molecule has 0 bridgehead atoms. The summed E-state index contributed by atoms with van der Waals surface area (Å²) >= 11 is 0. The van der Waals surface area contributed by atoms with Gasteiger partial charge in [0.25, 0.3) is 5.91 Å². The zero-order valence-corrected chi connectivity index (χ0v) is 24.1. The number of benzene rings is 1. The van der Waals surface area contributed by atoms with Gasteiger partial charge in [-0.05, 0) is 56.3 Å². The van der Waals surface area contributed by atoms with Gasteiger partial charge in [0.05, 0.1) is 24.2 Å². The third-order valence-electron chi connectivity index (χ3n) is 9.59. The van der Waals surface area contributed by atoms with Gasteiger partial charge in [0, 0.05) is 55.7 Å². The normalized spacial score (nSPS) is 26.7. The van der Waals surface area contributed by atoms with E-state index in [2.05, 4.69) is 12.6 Å². The Morgan fingerprint density at radius 1 is 1.19 bits per heavy atom. The second kappa shape index (κ2) is 11.4. The van der Waals surface area contributed by atoms with E-state index in [1.807, 2.05) is 16.8 Å². The molecule has 2 fully saturated rings. The van der Waals surface area contributed by atoms with Gasteiger partial charge in [0.15, 0.2) is 5.83 Å². The lowest BCUT2D eigenvalue weighted by molar-refractivity contribution is -0.131. The number of halogens is 4. The summed E-state index contributed by atoms with van der Waals surface area (Å²) in [7, 11) is 1.84. The van der Waals surface area contributed by atoms with Crippen molar-refractivity contribution in [2.24, 2.45) is 0 Å². The molecule has 3 heterocycles. The molecule has 1 amide bonds. The van der Waals surface area contributed by atoms with Crippen molar-refractivity contribution in [3.05, 3.63) is 58.6 Å². The molecule has 12 heteroatoms. The van der Waals surface area contributed by atoms with Crippen molar-refractivity contribution >= 4 is 11.7 Å². The first-order chi connectivity index (χ1) is 20.6. The number of ether oxygens (including phenoxy) is 1. The van der Waals surface area contributed by atoms with Crippen LogP contribution >= 0.6 is 0 Å². The van der Waals surface area contributed by atoms with Gasteiger partial charge in [-0.1, -0.05) is 6.58 Å². The Bertz CT molecular complexity index is 1500. The molecule has 0 radical (unpaired) electrons. The summed E-state index contributed by atoms with van der Waals surface area (Å²) in [6, 6.07) is 3.85. The number of hydrogen-bond donors (Lipinski definition) is 0.